The van der Waals surface area contributed by atoms with Crippen LogP contribution >= 0.6 is 0 Å². The first kappa shape index (κ1) is 17.5. The van der Waals surface area contributed by atoms with Crippen molar-refractivity contribution in [3.05, 3.63) is 48.8 Å². The number of nitrogens with one attached hydrogen (secondary N) is 1. The standard InChI is InChI=1S/C16H21N5O3/c1-13(15(22)23)19-16(24)21(11-14-3-5-17-6-4-14)9-2-8-20-10-7-18-12-20/h3-7,10,12-13H,2,8-9,11H2,1H3,(H,19,24)(H,22,23). The summed E-state index contributed by atoms with van der Waals surface area (Å²) >= 11 is 0. The first-order valence-corrected chi connectivity index (χ1v) is 7.69. The number of carbonyl (C=O) groups excluding carboxylic acids is 1. The third-order valence-electron chi connectivity index (χ3n) is 3.52. The van der Waals surface area contributed by atoms with Gasteiger partial charge in [0, 0.05) is 44.4 Å². The second-order valence-electron chi connectivity index (χ2n) is 5.44. The molecule has 0 bridgehead atoms. The van der Waals surface area contributed by atoms with E-state index in [1.807, 2.05) is 22.9 Å². The Balaban J connectivity index is 1.96. The van der Waals surface area contributed by atoms with Crippen molar-refractivity contribution in [3.63, 3.8) is 0 Å². The van der Waals surface area contributed by atoms with Crippen molar-refractivity contribution >= 4 is 12.0 Å². The molecule has 0 aliphatic heterocycles. The molecule has 2 aromatic rings. The van der Waals surface area contributed by atoms with E-state index in [0.717, 1.165) is 18.5 Å². The molecule has 0 fully saturated rings. The lowest BCUT2D eigenvalue weighted by molar-refractivity contribution is -0.138. The lowest BCUT2D eigenvalue weighted by Gasteiger charge is -2.24. The maximum absolute atomic E-state index is 12.4. The lowest BCUT2D eigenvalue weighted by Crippen LogP contribution is -2.46. The number of aliphatic carboxylic acids is 1. The Morgan fingerprint density at radius 1 is 1.29 bits per heavy atom. The molecule has 0 spiro atoms. The van der Waals surface area contributed by atoms with Crippen molar-refractivity contribution in [1.82, 2.24) is 24.8 Å². The predicted octanol–water partition coefficient (Wildman–Crippen LogP) is 1.35. The fourth-order valence-corrected chi connectivity index (χ4v) is 2.16. The molecule has 0 saturated carbocycles. The minimum absolute atomic E-state index is 0.393. The summed E-state index contributed by atoms with van der Waals surface area (Å²) in [5.41, 5.74) is 0.936. The maximum atomic E-state index is 12.4. The predicted molar refractivity (Wildman–Crippen MR) is 87.1 cm³/mol. The molecule has 2 heterocycles. The van der Waals surface area contributed by atoms with E-state index in [0.29, 0.717) is 13.1 Å². The van der Waals surface area contributed by atoms with Crippen LogP contribution in [0.3, 0.4) is 0 Å². The summed E-state index contributed by atoms with van der Waals surface area (Å²) < 4.78 is 1.93. The Kier molecular flexibility index (Phi) is 6.30. The van der Waals surface area contributed by atoms with Gasteiger partial charge in [-0.25, -0.2) is 9.78 Å². The summed E-state index contributed by atoms with van der Waals surface area (Å²) in [6, 6.07) is 2.33. The van der Waals surface area contributed by atoms with Crippen LogP contribution in [-0.4, -0.2) is 49.1 Å². The van der Waals surface area contributed by atoms with E-state index in [2.05, 4.69) is 15.3 Å². The Morgan fingerprint density at radius 2 is 2.04 bits per heavy atom. The number of pyridine rings is 1. The van der Waals surface area contributed by atoms with Gasteiger partial charge in [-0.2, -0.15) is 0 Å². The number of carbonyl (C=O) groups is 2. The number of hydrogen-bond donors (Lipinski definition) is 2. The lowest BCUT2D eigenvalue weighted by atomic mass is 10.2. The Bertz CT molecular complexity index is 645. The number of rotatable bonds is 8. The maximum Gasteiger partial charge on any atom is 0.325 e. The molecule has 2 amide bonds. The zero-order chi connectivity index (χ0) is 17.4. The van der Waals surface area contributed by atoms with E-state index in [-0.39, 0.29) is 0 Å². The van der Waals surface area contributed by atoms with Crippen LogP contribution in [0.15, 0.2) is 43.2 Å². The number of hydrogen-bond acceptors (Lipinski definition) is 4. The number of amides is 2. The monoisotopic (exact) mass is 331 g/mol. The van der Waals surface area contributed by atoms with Crippen LogP contribution in [-0.2, 0) is 17.9 Å². The fraction of sp³-hybridized carbons (Fsp3) is 0.375. The molecule has 8 heteroatoms. The first-order chi connectivity index (χ1) is 11.6. The number of aryl methyl sites for hydroxylation is 1. The number of urea groups is 1. The molecule has 24 heavy (non-hydrogen) atoms. The summed E-state index contributed by atoms with van der Waals surface area (Å²) in [4.78, 5) is 32.8. The number of carboxylic acid groups (broad SMARTS) is 1. The largest absolute Gasteiger partial charge is 0.480 e. The van der Waals surface area contributed by atoms with E-state index in [9.17, 15) is 9.59 Å². The van der Waals surface area contributed by atoms with Gasteiger partial charge in [0.1, 0.15) is 6.04 Å². The van der Waals surface area contributed by atoms with Crippen molar-refractivity contribution in [2.75, 3.05) is 6.54 Å². The molecule has 2 aromatic heterocycles. The van der Waals surface area contributed by atoms with Gasteiger partial charge < -0.3 is 19.9 Å². The van der Waals surface area contributed by atoms with E-state index in [1.54, 1.807) is 29.8 Å². The fourth-order valence-electron chi connectivity index (χ4n) is 2.16. The highest BCUT2D eigenvalue weighted by molar-refractivity contribution is 5.82. The molecule has 0 radical (unpaired) electrons. The molecule has 0 aromatic carbocycles. The van der Waals surface area contributed by atoms with Gasteiger partial charge >= 0.3 is 12.0 Å². The first-order valence-electron chi connectivity index (χ1n) is 7.69. The molecule has 0 aliphatic rings. The second-order valence-corrected chi connectivity index (χ2v) is 5.44. The summed E-state index contributed by atoms with van der Waals surface area (Å²) in [5, 5.41) is 11.4. The highest BCUT2D eigenvalue weighted by Crippen LogP contribution is 2.06. The molecule has 2 rings (SSSR count). The van der Waals surface area contributed by atoms with Gasteiger partial charge in [0.05, 0.1) is 6.33 Å². The Hall–Kier alpha value is -2.90. The van der Waals surface area contributed by atoms with Gasteiger partial charge in [0.15, 0.2) is 0 Å². The smallest absolute Gasteiger partial charge is 0.325 e. The average molecular weight is 331 g/mol. The quantitative estimate of drug-likeness (QED) is 0.760. The normalized spacial score (nSPS) is 11.7. The number of aromatic nitrogens is 3. The van der Waals surface area contributed by atoms with Crippen LogP contribution in [0, 0.1) is 0 Å². The number of imidazole rings is 1. The molecule has 128 valence electrons. The topological polar surface area (TPSA) is 100 Å². The van der Waals surface area contributed by atoms with Crippen LogP contribution < -0.4 is 5.32 Å². The third kappa shape index (κ3) is 5.38. The molecule has 1 atom stereocenters. The minimum Gasteiger partial charge on any atom is -0.480 e. The average Bonchev–Trinajstić information content (AvgIpc) is 3.08. The van der Waals surface area contributed by atoms with Crippen molar-refractivity contribution in [1.29, 1.82) is 0 Å². The number of nitrogens with zero attached hydrogens (tertiary/aromatic N) is 4. The van der Waals surface area contributed by atoms with Crippen molar-refractivity contribution in [3.8, 4) is 0 Å². The molecule has 8 nitrogen and oxygen atoms in total. The molecule has 0 aliphatic carbocycles. The minimum atomic E-state index is -1.06. The molecular weight excluding hydrogens is 310 g/mol. The SMILES string of the molecule is CC(NC(=O)N(CCCn1ccnc1)Cc1ccncc1)C(=O)O. The van der Waals surface area contributed by atoms with Crippen LogP contribution in [0.4, 0.5) is 4.79 Å². The number of carboxylic acids is 1. The van der Waals surface area contributed by atoms with Gasteiger partial charge in [0.2, 0.25) is 0 Å². The van der Waals surface area contributed by atoms with Crippen LogP contribution in [0.25, 0.3) is 0 Å². The van der Waals surface area contributed by atoms with Crippen molar-refractivity contribution in [2.45, 2.75) is 32.5 Å². The zero-order valence-electron chi connectivity index (χ0n) is 13.5. The molecule has 1 unspecified atom stereocenters. The van der Waals surface area contributed by atoms with Gasteiger partial charge in [-0.15, -0.1) is 0 Å². The Morgan fingerprint density at radius 3 is 2.67 bits per heavy atom. The zero-order valence-corrected chi connectivity index (χ0v) is 13.5. The third-order valence-corrected chi connectivity index (χ3v) is 3.52. The highest BCUT2D eigenvalue weighted by Gasteiger charge is 2.19. The summed E-state index contributed by atoms with van der Waals surface area (Å²) in [6.07, 6.45) is 9.35. The summed E-state index contributed by atoms with van der Waals surface area (Å²) in [5.74, 6) is -1.06. The van der Waals surface area contributed by atoms with Crippen molar-refractivity contribution in [2.24, 2.45) is 0 Å². The summed E-state index contributed by atoms with van der Waals surface area (Å²) in [6.45, 7) is 3.06. The molecule has 2 N–H and O–H groups in total. The van der Waals surface area contributed by atoms with Crippen molar-refractivity contribution < 1.29 is 14.7 Å². The molecular formula is C16H21N5O3. The van der Waals surface area contributed by atoms with Gasteiger partial charge in [0.25, 0.3) is 0 Å². The Labute approximate surface area is 140 Å². The van der Waals surface area contributed by atoms with Gasteiger partial charge in [-0.3, -0.25) is 9.78 Å². The van der Waals surface area contributed by atoms with Gasteiger partial charge in [-0.05, 0) is 31.0 Å². The van der Waals surface area contributed by atoms with Crippen LogP contribution in [0.1, 0.15) is 18.9 Å². The second kappa shape index (κ2) is 8.66. The van der Waals surface area contributed by atoms with Gasteiger partial charge in [-0.1, -0.05) is 0 Å². The summed E-state index contributed by atoms with van der Waals surface area (Å²) in [7, 11) is 0. The van der Waals surface area contributed by atoms with E-state index in [1.165, 1.54) is 6.92 Å². The van der Waals surface area contributed by atoms with Crippen LogP contribution in [0.2, 0.25) is 0 Å². The van der Waals surface area contributed by atoms with E-state index < -0.39 is 18.0 Å². The van der Waals surface area contributed by atoms with E-state index >= 15 is 0 Å². The van der Waals surface area contributed by atoms with Crippen LogP contribution in [0.5, 0.6) is 0 Å². The highest BCUT2D eigenvalue weighted by atomic mass is 16.4. The molecule has 0 saturated heterocycles. The van der Waals surface area contributed by atoms with E-state index in [4.69, 9.17) is 5.11 Å².